The van der Waals surface area contributed by atoms with Gasteiger partial charge < -0.3 is 19.7 Å². The zero-order chi connectivity index (χ0) is 23.2. The molecule has 1 aromatic carbocycles. The molecule has 2 aromatic rings. The Bertz CT molecular complexity index is 1020. The number of piperidine rings is 1. The predicted octanol–water partition coefficient (Wildman–Crippen LogP) is 4.14. The van der Waals surface area contributed by atoms with E-state index in [1.165, 1.54) is 0 Å². The summed E-state index contributed by atoms with van der Waals surface area (Å²) in [6, 6.07) is 10.9. The van der Waals surface area contributed by atoms with E-state index in [9.17, 15) is 9.59 Å². The van der Waals surface area contributed by atoms with Crippen molar-refractivity contribution in [3.63, 3.8) is 0 Å². The number of nitriles is 1. The van der Waals surface area contributed by atoms with E-state index in [-0.39, 0.29) is 24.0 Å². The Morgan fingerprint density at radius 3 is 2.52 bits per heavy atom. The molecule has 172 valence electrons. The van der Waals surface area contributed by atoms with Crippen molar-refractivity contribution >= 4 is 29.6 Å². The van der Waals surface area contributed by atoms with Gasteiger partial charge in [-0.05, 0) is 62.8 Å². The van der Waals surface area contributed by atoms with Gasteiger partial charge in [-0.25, -0.2) is 4.98 Å². The number of ether oxygens (including phenoxy) is 1. The van der Waals surface area contributed by atoms with Crippen LogP contribution in [0.3, 0.4) is 0 Å². The van der Waals surface area contributed by atoms with E-state index in [2.05, 4.69) is 15.2 Å². The molecule has 0 radical (unpaired) electrons. The first kappa shape index (κ1) is 23.1. The lowest BCUT2D eigenvalue weighted by molar-refractivity contribution is -0.111. The number of rotatable bonds is 6. The molecule has 8 heteroatoms. The van der Waals surface area contributed by atoms with Crippen molar-refractivity contribution in [3.05, 3.63) is 52.7 Å². The third-order valence-corrected chi connectivity index (χ3v) is 6.75. The van der Waals surface area contributed by atoms with Crippen LogP contribution in [0.4, 0.5) is 5.82 Å². The molecule has 1 saturated heterocycles. The molecule has 7 nitrogen and oxygen atoms in total. The highest BCUT2D eigenvalue weighted by Crippen LogP contribution is 2.27. The van der Waals surface area contributed by atoms with Crippen LogP contribution in [0.5, 0.6) is 5.75 Å². The second kappa shape index (κ2) is 10.7. The first-order valence-electron chi connectivity index (χ1n) is 11.4. The van der Waals surface area contributed by atoms with Gasteiger partial charge in [0.1, 0.15) is 23.9 Å². The Labute approximate surface area is 198 Å². The van der Waals surface area contributed by atoms with Crippen molar-refractivity contribution in [1.82, 2.24) is 10.3 Å². The number of pyridine rings is 1. The number of amides is 1. The predicted molar refractivity (Wildman–Crippen MR) is 126 cm³/mol. The molecular weight excluding hydrogens is 440 g/mol. The quantitative estimate of drug-likeness (QED) is 0.643. The van der Waals surface area contributed by atoms with Crippen molar-refractivity contribution in [1.29, 1.82) is 5.26 Å². The Morgan fingerprint density at radius 2 is 1.91 bits per heavy atom. The summed E-state index contributed by atoms with van der Waals surface area (Å²) in [5, 5.41) is 12.5. The Kier molecular flexibility index (Phi) is 7.46. The maximum Gasteiger partial charge on any atom is 0.253 e. The van der Waals surface area contributed by atoms with Gasteiger partial charge in [-0.2, -0.15) is 5.26 Å². The summed E-state index contributed by atoms with van der Waals surface area (Å²) in [4.78, 5) is 30.2. The van der Waals surface area contributed by atoms with Gasteiger partial charge >= 0.3 is 0 Å². The molecule has 0 bridgehead atoms. The van der Waals surface area contributed by atoms with Crippen LogP contribution >= 0.6 is 11.6 Å². The zero-order valence-corrected chi connectivity index (χ0v) is 19.1. The molecule has 1 amide bonds. The number of nitrogens with one attached hydrogen (secondary N) is 1. The summed E-state index contributed by atoms with van der Waals surface area (Å²) in [7, 11) is 0. The maximum absolute atomic E-state index is 12.7. The van der Waals surface area contributed by atoms with E-state index >= 15 is 0 Å². The number of hydrogen-bond donors (Lipinski definition) is 1. The van der Waals surface area contributed by atoms with Crippen molar-refractivity contribution in [2.24, 2.45) is 5.92 Å². The highest BCUT2D eigenvalue weighted by atomic mass is 35.5. The second-order valence-corrected chi connectivity index (χ2v) is 9.09. The minimum absolute atomic E-state index is 0.0615. The summed E-state index contributed by atoms with van der Waals surface area (Å²) in [5.74, 6) is 1.54. The van der Waals surface area contributed by atoms with Gasteiger partial charge in [0.05, 0.1) is 22.3 Å². The molecule has 2 fully saturated rings. The largest absolute Gasteiger partial charge is 0.490 e. The fourth-order valence-corrected chi connectivity index (χ4v) is 4.63. The Balaban J connectivity index is 1.24. The highest BCUT2D eigenvalue weighted by molar-refractivity contribution is 6.31. The number of anilines is 1. The molecule has 1 saturated carbocycles. The van der Waals surface area contributed by atoms with Crippen LogP contribution in [0, 0.1) is 17.2 Å². The Morgan fingerprint density at radius 1 is 1.15 bits per heavy atom. The van der Waals surface area contributed by atoms with E-state index in [0.717, 1.165) is 63.7 Å². The van der Waals surface area contributed by atoms with Gasteiger partial charge in [-0.3, -0.25) is 4.79 Å². The molecule has 1 aliphatic heterocycles. The number of hydrogen-bond acceptors (Lipinski definition) is 6. The van der Waals surface area contributed by atoms with Gasteiger partial charge in [0.2, 0.25) is 0 Å². The average Bonchev–Trinajstić information content (AvgIpc) is 2.85. The van der Waals surface area contributed by atoms with Crippen LogP contribution in [-0.4, -0.2) is 42.4 Å². The van der Waals surface area contributed by atoms with Crippen molar-refractivity contribution in [3.8, 4) is 11.8 Å². The van der Waals surface area contributed by atoms with E-state index < -0.39 is 0 Å². The normalized spacial score (nSPS) is 21.2. The van der Waals surface area contributed by atoms with Gasteiger partial charge in [0.25, 0.3) is 5.91 Å². The SMILES string of the molecule is N#Cc1ccc(OC2CCC(NC(=O)c3ccc(N4CCC(C=O)CC4)nc3)CC2)cc1Cl. The molecule has 2 aliphatic rings. The van der Waals surface area contributed by atoms with Crippen molar-refractivity contribution in [2.75, 3.05) is 18.0 Å². The minimum atomic E-state index is -0.114. The minimum Gasteiger partial charge on any atom is -0.490 e. The fourth-order valence-electron chi connectivity index (χ4n) is 4.42. The van der Waals surface area contributed by atoms with Gasteiger partial charge in [0.15, 0.2) is 0 Å². The highest BCUT2D eigenvalue weighted by Gasteiger charge is 2.25. The summed E-state index contributed by atoms with van der Waals surface area (Å²) in [6.45, 7) is 1.61. The molecular formula is C25H27ClN4O3. The number of aromatic nitrogens is 1. The molecule has 0 unspecified atom stereocenters. The summed E-state index contributed by atoms with van der Waals surface area (Å²) >= 11 is 6.08. The lowest BCUT2D eigenvalue weighted by Gasteiger charge is -2.31. The van der Waals surface area contributed by atoms with E-state index in [0.29, 0.717) is 21.9 Å². The molecule has 33 heavy (non-hydrogen) atoms. The topological polar surface area (TPSA) is 95.3 Å². The number of halogens is 1. The number of benzene rings is 1. The first-order valence-corrected chi connectivity index (χ1v) is 11.8. The van der Waals surface area contributed by atoms with Gasteiger partial charge in [0, 0.05) is 37.3 Å². The third-order valence-electron chi connectivity index (χ3n) is 6.44. The second-order valence-electron chi connectivity index (χ2n) is 8.68. The zero-order valence-electron chi connectivity index (χ0n) is 18.4. The van der Waals surface area contributed by atoms with Crippen LogP contribution in [0.15, 0.2) is 36.5 Å². The smallest absolute Gasteiger partial charge is 0.253 e. The fraction of sp³-hybridized carbons (Fsp3) is 0.440. The number of aldehydes is 1. The monoisotopic (exact) mass is 466 g/mol. The van der Waals surface area contributed by atoms with Crippen LogP contribution < -0.4 is 15.0 Å². The molecule has 0 spiro atoms. The number of carbonyl (C=O) groups excluding carboxylic acids is 2. The molecule has 4 rings (SSSR count). The molecule has 2 heterocycles. The molecule has 1 aliphatic carbocycles. The van der Waals surface area contributed by atoms with E-state index in [1.807, 2.05) is 18.2 Å². The summed E-state index contributed by atoms with van der Waals surface area (Å²) < 4.78 is 6.02. The standard InChI is InChI=1S/C25H27ClN4O3/c26-23-13-22(5-1-18(23)14-27)33-21-6-3-20(4-7-21)29-25(32)19-2-8-24(28-15-19)30-11-9-17(16-31)10-12-30/h1-2,5,8,13,15-17,20-21H,3-4,6-7,9-12H2,(H,29,32). The summed E-state index contributed by atoms with van der Waals surface area (Å²) in [6.07, 6.45) is 7.74. The van der Waals surface area contributed by atoms with Gasteiger partial charge in [-0.15, -0.1) is 0 Å². The Hall–Kier alpha value is -3.11. The molecule has 1 N–H and O–H groups in total. The lowest BCUT2D eigenvalue weighted by atomic mass is 9.92. The van der Waals surface area contributed by atoms with Crippen LogP contribution in [-0.2, 0) is 4.79 Å². The van der Waals surface area contributed by atoms with E-state index in [4.69, 9.17) is 21.6 Å². The van der Waals surface area contributed by atoms with Gasteiger partial charge in [-0.1, -0.05) is 11.6 Å². The first-order chi connectivity index (χ1) is 16.1. The van der Waals surface area contributed by atoms with Crippen molar-refractivity contribution < 1.29 is 14.3 Å². The van der Waals surface area contributed by atoms with Crippen LogP contribution in [0.25, 0.3) is 0 Å². The van der Waals surface area contributed by atoms with Crippen LogP contribution in [0.2, 0.25) is 5.02 Å². The number of nitrogens with zero attached hydrogens (tertiary/aromatic N) is 3. The van der Waals surface area contributed by atoms with Crippen LogP contribution in [0.1, 0.15) is 54.4 Å². The molecule has 0 atom stereocenters. The lowest BCUT2D eigenvalue weighted by Crippen LogP contribution is -2.39. The maximum atomic E-state index is 12.7. The average molecular weight is 467 g/mol. The third kappa shape index (κ3) is 5.82. The van der Waals surface area contributed by atoms with E-state index in [1.54, 1.807) is 24.4 Å². The summed E-state index contributed by atoms with van der Waals surface area (Å²) in [5.41, 5.74) is 0.979. The molecule has 1 aromatic heterocycles. The van der Waals surface area contributed by atoms with Crippen molar-refractivity contribution in [2.45, 2.75) is 50.7 Å². The number of carbonyl (C=O) groups is 2.